The van der Waals surface area contributed by atoms with Crippen molar-refractivity contribution in [2.75, 3.05) is 0 Å². The number of carbonyl (C=O) groups is 1. The van der Waals surface area contributed by atoms with Gasteiger partial charge in [-0.25, -0.2) is 0 Å². The number of fused-ring (bicyclic) bond motifs is 1. The lowest BCUT2D eigenvalue weighted by Gasteiger charge is -2.21. The molecule has 0 aromatic carbocycles. The zero-order valence-electron chi connectivity index (χ0n) is 12.6. The molecule has 1 saturated carbocycles. The molecular weight excluding hydrogens is 252 g/mol. The van der Waals surface area contributed by atoms with Crippen molar-refractivity contribution in [3.05, 3.63) is 12.2 Å². The molecule has 0 aromatic heterocycles. The molecular formula is C17H24O3. The van der Waals surface area contributed by atoms with Crippen molar-refractivity contribution in [1.82, 2.24) is 0 Å². The van der Waals surface area contributed by atoms with Crippen molar-refractivity contribution in [3.63, 3.8) is 0 Å². The molecule has 1 N–H and O–H groups in total. The lowest BCUT2D eigenvalue weighted by atomic mass is 9.86. The van der Waals surface area contributed by atoms with E-state index in [1.165, 1.54) is 0 Å². The van der Waals surface area contributed by atoms with Gasteiger partial charge in [0.25, 0.3) is 0 Å². The van der Waals surface area contributed by atoms with Crippen molar-refractivity contribution < 1.29 is 14.6 Å². The molecule has 20 heavy (non-hydrogen) atoms. The van der Waals surface area contributed by atoms with E-state index in [9.17, 15) is 9.90 Å². The molecule has 2 rings (SSSR count). The average molecular weight is 276 g/mol. The van der Waals surface area contributed by atoms with E-state index in [0.29, 0.717) is 37.0 Å². The van der Waals surface area contributed by atoms with Crippen LogP contribution in [0.5, 0.6) is 0 Å². The predicted molar refractivity (Wildman–Crippen MR) is 77.7 cm³/mol. The van der Waals surface area contributed by atoms with Gasteiger partial charge in [-0.3, -0.25) is 4.79 Å². The maximum absolute atomic E-state index is 11.4. The Morgan fingerprint density at radius 2 is 2.30 bits per heavy atom. The summed E-state index contributed by atoms with van der Waals surface area (Å²) in [4.78, 5) is 11.4. The zero-order chi connectivity index (χ0) is 14.8. The molecule has 0 bridgehead atoms. The quantitative estimate of drug-likeness (QED) is 0.488. The minimum Gasteiger partial charge on any atom is -0.462 e. The summed E-state index contributed by atoms with van der Waals surface area (Å²) in [5.41, 5.74) is -0.828. The number of allylic oxidation sites excluding steroid dienone is 1. The van der Waals surface area contributed by atoms with Crippen LogP contribution in [0.15, 0.2) is 12.2 Å². The van der Waals surface area contributed by atoms with E-state index < -0.39 is 5.60 Å². The molecule has 0 amide bonds. The average Bonchev–Trinajstić information content (AvgIpc) is 2.82. The number of hydrogen-bond acceptors (Lipinski definition) is 3. The van der Waals surface area contributed by atoms with Gasteiger partial charge in [-0.1, -0.05) is 19.1 Å². The van der Waals surface area contributed by atoms with Gasteiger partial charge < -0.3 is 9.84 Å². The molecule has 2 fully saturated rings. The lowest BCUT2D eigenvalue weighted by Crippen LogP contribution is -2.22. The van der Waals surface area contributed by atoms with Gasteiger partial charge in [0, 0.05) is 12.3 Å². The molecule has 1 aliphatic heterocycles. The molecule has 5 atom stereocenters. The largest absolute Gasteiger partial charge is 0.462 e. The molecule has 0 aromatic rings. The summed E-state index contributed by atoms with van der Waals surface area (Å²) in [6.45, 7) is 5.81. The standard InChI is InChI=1S/C17H24O3/c1-4-5-6-8-17(3,19)9-7-13-12(2)10-15-14(13)11-16(18)20-15/h7,9,12-15,19H,6,8,10-11H2,1-3H3/t12-,13+,14-,15+,17?/m1/s1. The van der Waals surface area contributed by atoms with Crippen LogP contribution in [-0.2, 0) is 9.53 Å². The molecule has 0 radical (unpaired) electrons. The van der Waals surface area contributed by atoms with E-state index in [0.717, 1.165) is 6.42 Å². The van der Waals surface area contributed by atoms with Gasteiger partial charge in [0.1, 0.15) is 6.10 Å². The number of rotatable bonds is 4. The van der Waals surface area contributed by atoms with Crippen molar-refractivity contribution >= 4 is 5.97 Å². The van der Waals surface area contributed by atoms with Gasteiger partial charge in [-0.15, -0.1) is 11.8 Å². The third-order valence-electron chi connectivity index (χ3n) is 4.53. The molecule has 1 heterocycles. The fraction of sp³-hybridized carbons (Fsp3) is 0.706. The van der Waals surface area contributed by atoms with Gasteiger partial charge in [-0.2, -0.15) is 0 Å². The van der Waals surface area contributed by atoms with Gasteiger partial charge in [0.2, 0.25) is 0 Å². The Morgan fingerprint density at radius 3 is 3.00 bits per heavy atom. The molecule has 1 unspecified atom stereocenters. The maximum Gasteiger partial charge on any atom is 0.306 e. The summed E-state index contributed by atoms with van der Waals surface area (Å²) in [5, 5.41) is 10.3. The predicted octanol–water partition coefficient (Wildman–Crippen LogP) is 2.68. The first-order valence-electron chi connectivity index (χ1n) is 7.44. The summed E-state index contributed by atoms with van der Waals surface area (Å²) < 4.78 is 5.34. The second-order valence-electron chi connectivity index (χ2n) is 6.33. The fourth-order valence-corrected chi connectivity index (χ4v) is 3.36. The number of ether oxygens (including phenoxy) is 1. The molecule has 1 aliphatic carbocycles. The van der Waals surface area contributed by atoms with Crippen LogP contribution in [0, 0.1) is 29.6 Å². The second-order valence-corrected chi connectivity index (χ2v) is 6.33. The van der Waals surface area contributed by atoms with Crippen molar-refractivity contribution in [3.8, 4) is 11.8 Å². The summed E-state index contributed by atoms with van der Waals surface area (Å²) in [6.07, 6.45) is 6.86. The molecule has 3 heteroatoms. The Hall–Kier alpha value is -1.27. The van der Waals surface area contributed by atoms with Crippen LogP contribution in [0.2, 0.25) is 0 Å². The van der Waals surface area contributed by atoms with Crippen LogP contribution in [0.3, 0.4) is 0 Å². The number of esters is 1. The van der Waals surface area contributed by atoms with Crippen LogP contribution in [0.1, 0.15) is 46.5 Å². The van der Waals surface area contributed by atoms with Crippen LogP contribution >= 0.6 is 0 Å². The Bertz CT molecular complexity index is 453. The highest BCUT2D eigenvalue weighted by molar-refractivity contribution is 5.72. The van der Waals surface area contributed by atoms with Crippen molar-refractivity contribution in [2.45, 2.75) is 58.2 Å². The van der Waals surface area contributed by atoms with E-state index in [2.05, 4.69) is 24.8 Å². The summed E-state index contributed by atoms with van der Waals surface area (Å²) >= 11 is 0. The molecule has 1 saturated heterocycles. The van der Waals surface area contributed by atoms with E-state index in [1.807, 2.05) is 19.9 Å². The highest BCUT2D eigenvalue weighted by Crippen LogP contribution is 2.45. The van der Waals surface area contributed by atoms with Gasteiger partial charge in [0.05, 0.1) is 12.0 Å². The molecule has 0 spiro atoms. The second kappa shape index (κ2) is 6.01. The highest BCUT2D eigenvalue weighted by atomic mass is 16.6. The van der Waals surface area contributed by atoms with Gasteiger partial charge in [-0.05, 0) is 38.5 Å². The monoisotopic (exact) mass is 276 g/mol. The maximum atomic E-state index is 11.4. The zero-order valence-corrected chi connectivity index (χ0v) is 12.6. The normalized spacial score (nSPS) is 35.3. The van der Waals surface area contributed by atoms with Crippen LogP contribution in [0.4, 0.5) is 0 Å². The highest BCUT2D eigenvalue weighted by Gasteiger charge is 2.47. The first-order valence-corrected chi connectivity index (χ1v) is 7.44. The Kier molecular flexibility index (Phi) is 4.55. The Morgan fingerprint density at radius 1 is 1.55 bits per heavy atom. The van der Waals surface area contributed by atoms with E-state index in [1.54, 1.807) is 0 Å². The number of aliphatic hydroxyl groups is 1. The first-order chi connectivity index (χ1) is 9.43. The third-order valence-corrected chi connectivity index (χ3v) is 4.53. The lowest BCUT2D eigenvalue weighted by molar-refractivity contribution is -0.141. The smallest absolute Gasteiger partial charge is 0.306 e. The third kappa shape index (κ3) is 3.43. The first kappa shape index (κ1) is 15.1. The van der Waals surface area contributed by atoms with Crippen LogP contribution < -0.4 is 0 Å². The molecule has 2 aliphatic rings. The number of hydrogen-bond donors (Lipinski definition) is 1. The summed E-state index contributed by atoms with van der Waals surface area (Å²) in [7, 11) is 0. The van der Waals surface area contributed by atoms with Gasteiger partial charge in [0.15, 0.2) is 0 Å². The molecule has 110 valence electrons. The Balaban J connectivity index is 1.98. The summed E-state index contributed by atoms with van der Waals surface area (Å²) in [5.74, 6) is 6.86. The summed E-state index contributed by atoms with van der Waals surface area (Å²) in [6, 6.07) is 0. The van der Waals surface area contributed by atoms with Crippen LogP contribution in [0.25, 0.3) is 0 Å². The SMILES string of the molecule is CC#CCCC(C)(O)C=C[C@@H]1[C@H]2CC(=O)O[C@H]2C[C@H]1C. The van der Waals surface area contributed by atoms with Crippen molar-refractivity contribution in [1.29, 1.82) is 0 Å². The molecule has 3 nitrogen and oxygen atoms in total. The van der Waals surface area contributed by atoms with Gasteiger partial charge >= 0.3 is 5.97 Å². The minimum atomic E-state index is -0.828. The van der Waals surface area contributed by atoms with E-state index in [-0.39, 0.29) is 12.1 Å². The topological polar surface area (TPSA) is 46.5 Å². The van der Waals surface area contributed by atoms with E-state index in [4.69, 9.17) is 4.74 Å². The van der Waals surface area contributed by atoms with E-state index >= 15 is 0 Å². The Labute approximate surface area is 121 Å². The number of carbonyl (C=O) groups excluding carboxylic acids is 1. The van der Waals surface area contributed by atoms with Crippen molar-refractivity contribution in [2.24, 2.45) is 17.8 Å². The fourth-order valence-electron chi connectivity index (χ4n) is 3.36. The van der Waals surface area contributed by atoms with Crippen LogP contribution in [-0.4, -0.2) is 22.8 Å². The minimum absolute atomic E-state index is 0.0738.